The Balaban J connectivity index is 2.07. The predicted octanol–water partition coefficient (Wildman–Crippen LogP) is 0.00250. The van der Waals surface area contributed by atoms with Gasteiger partial charge < -0.3 is 16.2 Å². The lowest BCUT2D eigenvalue weighted by Crippen LogP contribution is -2.35. The van der Waals surface area contributed by atoms with Gasteiger partial charge in [0.1, 0.15) is 0 Å². The van der Waals surface area contributed by atoms with Crippen molar-refractivity contribution < 1.29 is 9.90 Å². The fourth-order valence-electron chi connectivity index (χ4n) is 1.93. The summed E-state index contributed by atoms with van der Waals surface area (Å²) in [6, 6.07) is 0. The molecule has 4 N–H and O–H groups in total. The first-order valence-corrected chi connectivity index (χ1v) is 5.37. The van der Waals surface area contributed by atoms with Crippen molar-refractivity contribution >= 4 is 5.91 Å². The SMILES string of the molecule is NC(=O)CCNCC1CCCCC1O. The molecule has 0 aromatic heterocycles. The molecular formula is C10H20N2O2. The second-order valence-corrected chi connectivity index (χ2v) is 4.03. The van der Waals surface area contributed by atoms with E-state index in [1.165, 1.54) is 6.42 Å². The van der Waals surface area contributed by atoms with Crippen LogP contribution in [0.1, 0.15) is 32.1 Å². The maximum absolute atomic E-state index is 10.4. The monoisotopic (exact) mass is 200 g/mol. The quantitative estimate of drug-likeness (QED) is 0.547. The van der Waals surface area contributed by atoms with Crippen molar-refractivity contribution in [2.75, 3.05) is 13.1 Å². The molecule has 1 aliphatic rings. The summed E-state index contributed by atoms with van der Waals surface area (Å²) in [6.07, 6.45) is 4.57. The van der Waals surface area contributed by atoms with Crippen molar-refractivity contribution in [2.45, 2.75) is 38.2 Å². The Labute approximate surface area is 84.9 Å². The number of hydrogen-bond acceptors (Lipinski definition) is 3. The summed E-state index contributed by atoms with van der Waals surface area (Å²) in [5.41, 5.74) is 5.01. The number of aliphatic hydroxyl groups excluding tert-OH is 1. The number of carbonyl (C=O) groups excluding carboxylic acids is 1. The van der Waals surface area contributed by atoms with E-state index in [-0.39, 0.29) is 12.0 Å². The molecule has 1 rings (SSSR count). The summed E-state index contributed by atoms with van der Waals surface area (Å²) in [4.78, 5) is 10.4. The molecule has 1 amide bonds. The van der Waals surface area contributed by atoms with E-state index in [1.54, 1.807) is 0 Å². The molecule has 0 radical (unpaired) electrons. The molecule has 1 saturated carbocycles. The predicted molar refractivity (Wildman–Crippen MR) is 54.6 cm³/mol. The van der Waals surface area contributed by atoms with Crippen LogP contribution in [0.4, 0.5) is 0 Å². The molecule has 2 atom stereocenters. The topological polar surface area (TPSA) is 75.4 Å². The minimum atomic E-state index is -0.276. The van der Waals surface area contributed by atoms with Gasteiger partial charge in [0.25, 0.3) is 0 Å². The van der Waals surface area contributed by atoms with Crippen molar-refractivity contribution in [1.29, 1.82) is 0 Å². The van der Waals surface area contributed by atoms with Crippen LogP contribution in [0.5, 0.6) is 0 Å². The van der Waals surface area contributed by atoms with Crippen molar-refractivity contribution in [2.24, 2.45) is 11.7 Å². The van der Waals surface area contributed by atoms with E-state index in [4.69, 9.17) is 5.73 Å². The van der Waals surface area contributed by atoms with Crippen LogP contribution in [0.15, 0.2) is 0 Å². The van der Waals surface area contributed by atoms with E-state index in [1.807, 2.05) is 0 Å². The van der Waals surface area contributed by atoms with Gasteiger partial charge in [-0.3, -0.25) is 4.79 Å². The summed E-state index contributed by atoms with van der Waals surface area (Å²) in [6.45, 7) is 1.42. The van der Waals surface area contributed by atoms with Crippen LogP contribution in [-0.2, 0) is 4.79 Å². The molecule has 0 aromatic rings. The zero-order valence-corrected chi connectivity index (χ0v) is 8.54. The molecule has 4 nitrogen and oxygen atoms in total. The third kappa shape index (κ3) is 4.07. The summed E-state index contributed by atoms with van der Waals surface area (Å²) in [7, 11) is 0. The molecular weight excluding hydrogens is 180 g/mol. The minimum Gasteiger partial charge on any atom is -0.393 e. The van der Waals surface area contributed by atoms with Gasteiger partial charge in [-0.1, -0.05) is 12.8 Å². The van der Waals surface area contributed by atoms with Gasteiger partial charge in [-0.2, -0.15) is 0 Å². The Morgan fingerprint density at radius 1 is 1.43 bits per heavy atom. The van der Waals surface area contributed by atoms with Gasteiger partial charge in [-0.25, -0.2) is 0 Å². The second kappa shape index (κ2) is 5.98. The van der Waals surface area contributed by atoms with Gasteiger partial charge in [0.2, 0.25) is 5.91 Å². The number of hydrogen-bond donors (Lipinski definition) is 3. The average Bonchev–Trinajstić information content (AvgIpc) is 2.15. The molecule has 0 saturated heterocycles. The van der Waals surface area contributed by atoms with Crippen molar-refractivity contribution in [3.63, 3.8) is 0 Å². The summed E-state index contributed by atoms with van der Waals surface area (Å²) >= 11 is 0. The Hall–Kier alpha value is -0.610. The number of nitrogens with one attached hydrogen (secondary N) is 1. The highest BCUT2D eigenvalue weighted by molar-refractivity contribution is 5.73. The number of rotatable bonds is 5. The molecule has 0 bridgehead atoms. The van der Waals surface area contributed by atoms with E-state index in [0.717, 1.165) is 25.8 Å². The molecule has 4 heteroatoms. The fourth-order valence-corrected chi connectivity index (χ4v) is 1.93. The molecule has 0 aliphatic heterocycles. The van der Waals surface area contributed by atoms with Crippen LogP contribution in [0.25, 0.3) is 0 Å². The van der Waals surface area contributed by atoms with Crippen molar-refractivity contribution in [3.05, 3.63) is 0 Å². The van der Waals surface area contributed by atoms with Gasteiger partial charge >= 0.3 is 0 Å². The number of primary amides is 1. The van der Waals surface area contributed by atoms with Crippen LogP contribution in [0, 0.1) is 5.92 Å². The second-order valence-electron chi connectivity index (χ2n) is 4.03. The maximum Gasteiger partial charge on any atom is 0.218 e. The standard InChI is InChI=1S/C10H20N2O2/c11-10(14)5-6-12-7-8-3-1-2-4-9(8)13/h8-9,12-13H,1-7H2,(H2,11,14). The number of aliphatic hydroxyl groups is 1. The summed E-state index contributed by atoms with van der Waals surface area (Å²) < 4.78 is 0. The molecule has 14 heavy (non-hydrogen) atoms. The first kappa shape index (κ1) is 11.5. The van der Waals surface area contributed by atoms with Gasteiger partial charge in [0.05, 0.1) is 6.10 Å². The first-order valence-electron chi connectivity index (χ1n) is 5.37. The zero-order chi connectivity index (χ0) is 10.4. The van der Waals surface area contributed by atoms with E-state index >= 15 is 0 Å². The summed E-state index contributed by atoms with van der Waals surface area (Å²) in [5.74, 6) is 0.0818. The van der Waals surface area contributed by atoms with E-state index in [2.05, 4.69) is 5.32 Å². The van der Waals surface area contributed by atoms with Crippen LogP contribution in [-0.4, -0.2) is 30.2 Å². The highest BCUT2D eigenvalue weighted by atomic mass is 16.3. The lowest BCUT2D eigenvalue weighted by atomic mass is 9.86. The molecule has 2 unspecified atom stereocenters. The molecule has 1 aliphatic carbocycles. The van der Waals surface area contributed by atoms with Crippen LogP contribution >= 0.6 is 0 Å². The minimum absolute atomic E-state index is 0.162. The van der Waals surface area contributed by atoms with Gasteiger partial charge in [0.15, 0.2) is 0 Å². The normalized spacial score (nSPS) is 27.5. The molecule has 0 aromatic carbocycles. The van der Waals surface area contributed by atoms with Crippen molar-refractivity contribution in [1.82, 2.24) is 5.32 Å². The number of amides is 1. The zero-order valence-electron chi connectivity index (χ0n) is 8.54. The summed E-state index contributed by atoms with van der Waals surface area (Å²) in [5, 5.41) is 12.8. The largest absolute Gasteiger partial charge is 0.393 e. The molecule has 1 fully saturated rings. The lowest BCUT2D eigenvalue weighted by Gasteiger charge is -2.27. The first-order chi connectivity index (χ1) is 6.70. The lowest BCUT2D eigenvalue weighted by molar-refractivity contribution is -0.117. The van der Waals surface area contributed by atoms with E-state index < -0.39 is 0 Å². The highest BCUT2D eigenvalue weighted by Gasteiger charge is 2.22. The average molecular weight is 200 g/mol. The van der Waals surface area contributed by atoms with Gasteiger partial charge in [-0.15, -0.1) is 0 Å². The Kier molecular flexibility index (Phi) is 4.90. The van der Waals surface area contributed by atoms with Gasteiger partial charge in [0, 0.05) is 19.5 Å². The maximum atomic E-state index is 10.4. The van der Waals surface area contributed by atoms with Crippen molar-refractivity contribution in [3.8, 4) is 0 Å². The smallest absolute Gasteiger partial charge is 0.218 e. The Morgan fingerprint density at radius 2 is 2.14 bits per heavy atom. The fraction of sp³-hybridized carbons (Fsp3) is 0.900. The highest BCUT2D eigenvalue weighted by Crippen LogP contribution is 2.23. The van der Waals surface area contributed by atoms with Crippen LogP contribution < -0.4 is 11.1 Å². The van der Waals surface area contributed by atoms with Crippen LogP contribution in [0.3, 0.4) is 0 Å². The van der Waals surface area contributed by atoms with E-state index in [9.17, 15) is 9.90 Å². The Bertz CT molecular complexity index is 185. The number of nitrogens with two attached hydrogens (primary N) is 1. The molecule has 0 spiro atoms. The third-order valence-electron chi connectivity index (χ3n) is 2.82. The molecule has 0 heterocycles. The number of carbonyl (C=O) groups is 1. The Morgan fingerprint density at radius 3 is 2.79 bits per heavy atom. The van der Waals surface area contributed by atoms with E-state index in [0.29, 0.717) is 18.9 Å². The third-order valence-corrected chi connectivity index (χ3v) is 2.82. The van der Waals surface area contributed by atoms with Gasteiger partial charge in [-0.05, 0) is 18.8 Å². The molecule has 82 valence electrons. The van der Waals surface area contributed by atoms with Crippen LogP contribution in [0.2, 0.25) is 0 Å².